The van der Waals surface area contributed by atoms with Crippen LogP contribution in [0.5, 0.6) is 0 Å². The van der Waals surface area contributed by atoms with Crippen molar-refractivity contribution in [1.29, 1.82) is 0 Å². The first-order valence-electron chi connectivity index (χ1n) is 12.1. The van der Waals surface area contributed by atoms with Crippen LogP contribution in [0.15, 0.2) is 12.7 Å². The van der Waals surface area contributed by atoms with E-state index in [2.05, 4.69) is 6.58 Å². The molecular weight excluding hydrogens is 426 g/mol. The summed E-state index contributed by atoms with van der Waals surface area (Å²) >= 11 is 0. The molecule has 4 aliphatic rings. The first kappa shape index (κ1) is 24.6. The van der Waals surface area contributed by atoms with Crippen molar-refractivity contribution in [3.63, 3.8) is 0 Å². The lowest BCUT2D eigenvalue weighted by Gasteiger charge is -2.71. The minimum atomic E-state index is -2.30. The zero-order valence-corrected chi connectivity index (χ0v) is 20.5. The maximum atomic E-state index is 13.8. The van der Waals surface area contributed by atoms with E-state index < -0.39 is 57.3 Å². The van der Waals surface area contributed by atoms with Crippen LogP contribution in [0.25, 0.3) is 0 Å². The SMILES string of the molecule is C=C[C@@]1(C)CC(=O)[C@]2(O)[C@]3(C)[C@@H](C[C@H](O)[C@@]2(C)O1)C(C)(C)CC[C@@]3(O)OC(=O)N1CCCC1. The van der Waals surface area contributed by atoms with Crippen LogP contribution in [-0.2, 0) is 14.3 Å². The van der Waals surface area contributed by atoms with Crippen LogP contribution in [0, 0.1) is 16.7 Å². The number of Topliss-reactive ketones (excluding diaryl/α,β-unsaturated/α-hetero) is 1. The van der Waals surface area contributed by atoms with Gasteiger partial charge in [-0.3, -0.25) is 4.79 Å². The van der Waals surface area contributed by atoms with Crippen LogP contribution in [-0.4, -0.2) is 73.9 Å². The number of hydrogen-bond acceptors (Lipinski definition) is 7. The largest absolute Gasteiger partial charge is 0.416 e. The summed E-state index contributed by atoms with van der Waals surface area (Å²) in [5.41, 5.74) is -7.19. The van der Waals surface area contributed by atoms with Crippen molar-refractivity contribution < 1.29 is 34.4 Å². The van der Waals surface area contributed by atoms with Crippen LogP contribution in [0.3, 0.4) is 0 Å². The number of nitrogens with zero attached hydrogens (tertiary/aromatic N) is 1. The molecule has 1 amide bonds. The molecule has 0 aromatic rings. The predicted octanol–water partition coefficient (Wildman–Crippen LogP) is 2.54. The summed E-state index contributed by atoms with van der Waals surface area (Å²) in [5.74, 6) is -3.20. The van der Waals surface area contributed by atoms with Gasteiger partial charge in [-0.25, -0.2) is 4.79 Å². The Morgan fingerprint density at radius 3 is 2.33 bits per heavy atom. The molecule has 0 aromatic heterocycles. The molecule has 0 unspecified atom stereocenters. The lowest BCUT2D eigenvalue weighted by Crippen LogP contribution is -2.86. The third kappa shape index (κ3) is 3.03. The highest BCUT2D eigenvalue weighted by molar-refractivity contribution is 5.92. The predicted molar refractivity (Wildman–Crippen MR) is 120 cm³/mol. The number of rotatable bonds is 2. The molecule has 0 radical (unpaired) electrons. The van der Waals surface area contributed by atoms with Gasteiger partial charge in [0, 0.05) is 25.9 Å². The van der Waals surface area contributed by atoms with Crippen molar-refractivity contribution in [2.45, 2.75) is 102 Å². The van der Waals surface area contributed by atoms with Gasteiger partial charge in [0.25, 0.3) is 0 Å². The van der Waals surface area contributed by atoms with Gasteiger partial charge in [0.2, 0.25) is 5.79 Å². The normalized spacial score (nSPS) is 49.2. The average Bonchev–Trinajstić information content (AvgIpc) is 3.27. The second-order valence-corrected chi connectivity index (χ2v) is 11.9. The van der Waals surface area contributed by atoms with E-state index in [-0.39, 0.29) is 19.3 Å². The Bertz CT molecular complexity index is 869. The Balaban J connectivity index is 1.87. The molecule has 4 rings (SSSR count). The molecule has 2 aliphatic heterocycles. The second-order valence-electron chi connectivity index (χ2n) is 11.9. The van der Waals surface area contributed by atoms with Gasteiger partial charge in [0.15, 0.2) is 11.4 Å². The number of aliphatic hydroxyl groups excluding tert-OH is 1. The standard InChI is InChI=1S/C25H39NO7/c1-7-21(4)15-18(28)25(31)22(5)16(14-17(27)23(25,6)33-21)20(2,3)10-11-24(22,30)32-19(29)26-12-8-9-13-26/h7,16-17,27,30-31H,1,8-15H2,2-6H3/t16-,17-,21-,22+,23+,24+,25-/m0/s1. The maximum absolute atomic E-state index is 13.8. The van der Waals surface area contributed by atoms with Gasteiger partial charge in [0.1, 0.15) is 5.60 Å². The molecule has 2 aliphatic carbocycles. The molecule has 0 bridgehead atoms. The van der Waals surface area contributed by atoms with Gasteiger partial charge in [-0.15, -0.1) is 6.58 Å². The monoisotopic (exact) mass is 465 g/mol. The Morgan fingerprint density at radius 2 is 1.76 bits per heavy atom. The molecule has 0 spiro atoms. The zero-order valence-electron chi connectivity index (χ0n) is 20.5. The lowest BCUT2D eigenvalue weighted by atomic mass is 9.39. The van der Waals surface area contributed by atoms with Gasteiger partial charge in [-0.05, 0) is 57.8 Å². The number of likely N-dealkylation sites (tertiary alicyclic amines) is 1. The number of ether oxygens (including phenoxy) is 2. The van der Waals surface area contributed by atoms with Crippen LogP contribution in [0.2, 0.25) is 0 Å². The Kier molecular flexibility index (Phi) is 5.42. The molecule has 7 atom stereocenters. The molecule has 3 N–H and O–H groups in total. The lowest BCUT2D eigenvalue weighted by molar-refractivity contribution is -0.400. The summed E-state index contributed by atoms with van der Waals surface area (Å²) in [7, 11) is 0. The number of amides is 1. The molecule has 4 fully saturated rings. The molecule has 33 heavy (non-hydrogen) atoms. The Morgan fingerprint density at radius 1 is 1.15 bits per heavy atom. The fourth-order valence-corrected chi connectivity index (χ4v) is 7.33. The highest BCUT2D eigenvalue weighted by atomic mass is 16.7. The molecule has 2 saturated heterocycles. The highest BCUT2D eigenvalue weighted by Crippen LogP contribution is 2.69. The molecule has 186 valence electrons. The quantitative estimate of drug-likeness (QED) is 0.424. The number of aliphatic hydroxyl groups is 3. The van der Waals surface area contributed by atoms with E-state index in [1.54, 1.807) is 18.7 Å². The van der Waals surface area contributed by atoms with Crippen LogP contribution in [0.4, 0.5) is 4.79 Å². The van der Waals surface area contributed by atoms with Crippen LogP contribution in [0.1, 0.15) is 73.1 Å². The summed E-state index contributed by atoms with van der Waals surface area (Å²) in [6.45, 7) is 13.7. The fourth-order valence-electron chi connectivity index (χ4n) is 7.33. The summed E-state index contributed by atoms with van der Waals surface area (Å²) in [4.78, 5) is 28.4. The zero-order chi connectivity index (χ0) is 24.7. The first-order chi connectivity index (χ1) is 15.1. The van der Waals surface area contributed by atoms with Crippen molar-refractivity contribution >= 4 is 11.9 Å². The fraction of sp³-hybridized carbons (Fsp3) is 0.840. The van der Waals surface area contributed by atoms with E-state index in [0.717, 1.165) is 12.8 Å². The highest BCUT2D eigenvalue weighted by Gasteiger charge is 2.82. The van der Waals surface area contributed by atoms with Crippen LogP contribution >= 0.6 is 0 Å². The van der Waals surface area contributed by atoms with Gasteiger partial charge in [0.05, 0.1) is 17.1 Å². The average molecular weight is 466 g/mol. The van der Waals surface area contributed by atoms with E-state index in [1.807, 2.05) is 13.8 Å². The Labute approximate surface area is 195 Å². The molecule has 2 saturated carbocycles. The summed E-state index contributed by atoms with van der Waals surface area (Å²) in [5, 5.41) is 35.8. The molecule has 8 heteroatoms. The van der Waals surface area contributed by atoms with E-state index in [4.69, 9.17) is 9.47 Å². The Hall–Kier alpha value is -1.48. The number of carbonyl (C=O) groups is 2. The third-order valence-corrected chi connectivity index (χ3v) is 9.54. The van der Waals surface area contributed by atoms with Crippen molar-refractivity contribution in [3.05, 3.63) is 12.7 Å². The van der Waals surface area contributed by atoms with Gasteiger partial charge < -0.3 is 29.7 Å². The molecule has 0 aromatic carbocycles. The van der Waals surface area contributed by atoms with Crippen LogP contribution < -0.4 is 0 Å². The van der Waals surface area contributed by atoms with Crippen molar-refractivity contribution in [1.82, 2.24) is 4.90 Å². The minimum absolute atomic E-state index is 0.0626. The van der Waals surface area contributed by atoms with E-state index >= 15 is 0 Å². The number of hydrogen-bond donors (Lipinski definition) is 3. The van der Waals surface area contributed by atoms with Crippen molar-refractivity contribution in [3.8, 4) is 0 Å². The maximum Gasteiger partial charge on any atom is 0.412 e. The van der Waals surface area contributed by atoms with E-state index in [9.17, 15) is 24.9 Å². The molecule has 2 heterocycles. The van der Waals surface area contributed by atoms with E-state index in [0.29, 0.717) is 19.5 Å². The number of ketones is 1. The van der Waals surface area contributed by atoms with Gasteiger partial charge >= 0.3 is 6.09 Å². The van der Waals surface area contributed by atoms with Crippen molar-refractivity contribution in [2.24, 2.45) is 16.7 Å². The van der Waals surface area contributed by atoms with Crippen molar-refractivity contribution in [2.75, 3.05) is 13.1 Å². The summed E-state index contributed by atoms with van der Waals surface area (Å²) < 4.78 is 12.1. The van der Waals surface area contributed by atoms with E-state index in [1.165, 1.54) is 13.0 Å². The smallest absolute Gasteiger partial charge is 0.412 e. The topological polar surface area (TPSA) is 117 Å². The third-order valence-electron chi connectivity index (χ3n) is 9.54. The number of fused-ring (bicyclic) bond motifs is 3. The second kappa shape index (κ2) is 7.26. The van der Waals surface area contributed by atoms with Gasteiger partial charge in [-0.1, -0.05) is 19.9 Å². The molecular formula is C25H39NO7. The first-order valence-corrected chi connectivity index (χ1v) is 12.1. The summed E-state index contributed by atoms with van der Waals surface area (Å²) in [6.07, 6.45) is 1.96. The minimum Gasteiger partial charge on any atom is -0.416 e. The number of carbonyl (C=O) groups excluding carboxylic acids is 2. The summed E-state index contributed by atoms with van der Waals surface area (Å²) in [6, 6.07) is 0. The van der Waals surface area contributed by atoms with Gasteiger partial charge in [-0.2, -0.15) is 0 Å². The molecule has 8 nitrogen and oxygen atoms in total.